The summed E-state index contributed by atoms with van der Waals surface area (Å²) in [5, 5.41) is 40.6. The molecule has 16 heteroatoms. The number of hydrogen-bond donors (Lipinski definition) is 0. The maximum atomic E-state index is 15.5. The fourth-order valence-electron chi connectivity index (χ4n) is 9.35. The van der Waals surface area contributed by atoms with E-state index in [4.69, 9.17) is 19.5 Å². The summed E-state index contributed by atoms with van der Waals surface area (Å²) in [7, 11) is 0. The van der Waals surface area contributed by atoms with Crippen LogP contribution in [0.2, 0.25) is 0 Å². The fourth-order valence-corrected chi connectivity index (χ4v) is 14.7. The number of carbonyl (C=O) groups is 4. The van der Waals surface area contributed by atoms with E-state index in [1.54, 1.807) is 48.6 Å². The number of allylic oxidation sites excluding steroid dienone is 12. The number of Topliss-reactive ketones (excluding diaryl/α,β-unsaturated/α-hetero) is 2. The van der Waals surface area contributed by atoms with Gasteiger partial charge in [-0.05, 0) is 60.1 Å². The molecule has 0 N–H and O–H groups in total. The maximum absolute atomic E-state index is 15.5. The van der Waals surface area contributed by atoms with Gasteiger partial charge in [-0.3, -0.25) is 19.2 Å². The Morgan fingerprint density at radius 3 is 1.30 bits per heavy atom. The molecule has 0 bridgehead atoms. The molecule has 2 saturated carbocycles. The summed E-state index contributed by atoms with van der Waals surface area (Å²) in [5.74, 6) is -2.58. The number of nitriles is 4. The molecule has 0 spiro atoms. The second kappa shape index (κ2) is 17.1. The molecule has 2 aromatic carbocycles. The molecule has 0 radical (unpaired) electrons. The Morgan fingerprint density at radius 1 is 0.551 bits per heavy atom. The van der Waals surface area contributed by atoms with Gasteiger partial charge in [0.15, 0.2) is 0 Å². The Balaban J connectivity index is 1.12. The summed E-state index contributed by atoms with van der Waals surface area (Å²) in [6, 6.07) is 29.4. The van der Waals surface area contributed by atoms with Crippen molar-refractivity contribution in [3.63, 3.8) is 0 Å². The molecule has 11 rings (SSSR count). The summed E-state index contributed by atoms with van der Waals surface area (Å²) in [6.45, 7) is -0.339. The van der Waals surface area contributed by atoms with Gasteiger partial charge in [0.1, 0.15) is 70.1 Å². The maximum Gasteiger partial charge on any atom is 0.333 e. The van der Waals surface area contributed by atoms with E-state index < -0.39 is 28.9 Å². The Morgan fingerprint density at radius 2 is 0.928 bits per heavy atom. The molecule has 4 heterocycles. The molecule has 0 aliphatic heterocycles. The zero-order chi connectivity index (χ0) is 47.6. The van der Waals surface area contributed by atoms with Crippen LogP contribution in [0.5, 0.6) is 0 Å². The van der Waals surface area contributed by atoms with Crippen LogP contribution in [0.3, 0.4) is 0 Å². The lowest BCUT2D eigenvalue weighted by molar-refractivity contribution is -0.164. The zero-order valence-corrected chi connectivity index (χ0v) is 39.0. The van der Waals surface area contributed by atoms with Crippen LogP contribution in [0, 0.1) is 45.3 Å². The molecule has 5 aliphatic rings. The van der Waals surface area contributed by atoms with Crippen LogP contribution in [-0.2, 0) is 47.3 Å². The van der Waals surface area contributed by atoms with Gasteiger partial charge in [-0.15, -0.1) is 45.3 Å². The number of nitrogens with zero attached hydrogens (tertiary/aromatic N) is 6. The van der Waals surface area contributed by atoms with Crippen LogP contribution in [0.1, 0.15) is 47.9 Å². The predicted molar refractivity (Wildman–Crippen MR) is 263 cm³/mol. The molecule has 12 nitrogen and oxygen atoms in total. The van der Waals surface area contributed by atoms with Crippen molar-refractivity contribution in [3.8, 4) is 34.0 Å². The molecule has 6 aromatic rings. The van der Waals surface area contributed by atoms with E-state index in [0.717, 1.165) is 22.7 Å². The highest BCUT2D eigenvalue weighted by Gasteiger charge is 2.62. The quantitative estimate of drug-likeness (QED) is 0.0801. The molecule has 69 heavy (non-hydrogen) atoms. The first-order chi connectivity index (χ1) is 33.7. The van der Waals surface area contributed by atoms with E-state index in [0.29, 0.717) is 109 Å². The Labute approximate surface area is 408 Å². The Kier molecular flexibility index (Phi) is 10.8. The number of esters is 2. The molecule has 0 saturated heterocycles. The normalized spacial score (nSPS) is 17.4. The molecule has 0 unspecified atom stereocenters. The third-order valence-electron chi connectivity index (χ3n) is 12.3. The first kappa shape index (κ1) is 43.4. The molecule has 330 valence electrons. The first-order valence-electron chi connectivity index (χ1n) is 21.4. The second-order valence-corrected chi connectivity index (χ2v) is 20.4. The van der Waals surface area contributed by atoms with E-state index in [1.165, 1.54) is 22.7 Å². The van der Waals surface area contributed by atoms with Crippen molar-refractivity contribution < 1.29 is 28.7 Å². The van der Waals surface area contributed by atoms with Crippen LogP contribution < -0.4 is 0 Å². The van der Waals surface area contributed by atoms with Crippen molar-refractivity contribution in [1.29, 1.82) is 21.0 Å². The predicted octanol–water partition coefficient (Wildman–Crippen LogP) is 11.3. The molecule has 5 aliphatic carbocycles. The number of fused-ring (bicyclic) bond motifs is 9. The summed E-state index contributed by atoms with van der Waals surface area (Å²) in [4.78, 5) is 69.8. The number of aliphatic imine (C=N–C) groups is 2. The van der Waals surface area contributed by atoms with Gasteiger partial charge in [0.2, 0.25) is 17.0 Å². The van der Waals surface area contributed by atoms with Crippen molar-refractivity contribution >= 4 is 109 Å². The number of rotatable bonds is 8. The highest BCUT2D eigenvalue weighted by molar-refractivity contribution is 7.36. The molecular formula is C53H28N6O6S4. The van der Waals surface area contributed by atoms with Gasteiger partial charge in [-0.2, -0.15) is 21.0 Å². The number of benzene rings is 2. The van der Waals surface area contributed by atoms with Gasteiger partial charge in [0.25, 0.3) is 0 Å². The van der Waals surface area contributed by atoms with Crippen LogP contribution in [0.4, 0.5) is 10.0 Å². The lowest BCUT2D eigenvalue weighted by Crippen LogP contribution is -2.45. The minimum atomic E-state index is -2.21. The average molecular weight is 973 g/mol. The third-order valence-corrected chi connectivity index (χ3v) is 17.1. The van der Waals surface area contributed by atoms with E-state index in [2.05, 4.69) is 0 Å². The van der Waals surface area contributed by atoms with Gasteiger partial charge in [-0.1, -0.05) is 85.0 Å². The fraction of sp³-hybridized carbons (Fsp3) is 0.132. The zero-order valence-electron chi connectivity index (χ0n) is 35.7. The third kappa shape index (κ3) is 6.76. The summed E-state index contributed by atoms with van der Waals surface area (Å²) in [6.07, 6.45) is 9.77. The first-order valence-corrected chi connectivity index (χ1v) is 24.7. The van der Waals surface area contributed by atoms with E-state index in [1.807, 2.05) is 72.8 Å². The van der Waals surface area contributed by atoms with E-state index in [9.17, 15) is 30.6 Å². The highest BCUT2D eigenvalue weighted by Crippen LogP contribution is 2.64. The Hall–Kier alpha value is -8.22. The lowest BCUT2D eigenvalue weighted by Gasteiger charge is -2.27. The van der Waals surface area contributed by atoms with Gasteiger partial charge in [-0.25, -0.2) is 9.98 Å². The second-order valence-electron chi connectivity index (χ2n) is 16.2. The van der Waals surface area contributed by atoms with Gasteiger partial charge < -0.3 is 9.47 Å². The van der Waals surface area contributed by atoms with Crippen molar-refractivity contribution in [1.82, 2.24) is 0 Å². The van der Waals surface area contributed by atoms with Crippen LogP contribution >= 0.6 is 45.3 Å². The van der Waals surface area contributed by atoms with Gasteiger partial charge in [0, 0.05) is 42.8 Å². The number of ether oxygens (including phenoxy) is 2. The lowest BCUT2D eigenvalue weighted by atomic mass is 9.79. The van der Waals surface area contributed by atoms with Crippen molar-refractivity contribution in [2.45, 2.75) is 44.3 Å². The minimum Gasteiger partial charge on any atom is -0.459 e. The van der Waals surface area contributed by atoms with E-state index in [-0.39, 0.29) is 46.9 Å². The monoisotopic (exact) mass is 972 g/mol. The summed E-state index contributed by atoms with van der Waals surface area (Å²) >= 11 is 5.00. The molecule has 0 atom stereocenters. The summed E-state index contributed by atoms with van der Waals surface area (Å²) in [5.41, 5.74) is 1.43. The van der Waals surface area contributed by atoms with Gasteiger partial charge >= 0.3 is 11.9 Å². The number of hydrogen-bond acceptors (Lipinski definition) is 16. The highest BCUT2D eigenvalue weighted by atomic mass is 32.1. The van der Waals surface area contributed by atoms with Crippen molar-refractivity contribution in [2.75, 3.05) is 0 Å². The van der Waals surface area contributed by atoms with Crippen LogP contribution in [0.15, 0.2) is 152 Å². The smallest absolute Gasteiger partial charge is 0.333 e. The number of ketones is 2. The molecular weight excluding hydrogens is 945 g/mol. The standard InChI is InChI=1S/C53H28N6O6S4/c54-21-29(22-55)39-31-15-7-9-17-33(31)45(60)43(39)58-37-19-35-47(68-37)41-49(66-35)50-42(53(41,51(62)64-25-27-11-3-1-4-12-27)52(63)65-26-28-13-5-2-6-14-28)48-36(67-50)20-38(69-48)59-44-40(30(23-56)24-57)32-16-8-10-18-34(32)46(44)61/h1-6,11-20H,7-10,25-26H2/b58-43-,59-44+. The minimum absolute atomic E-state index is 0.0374. The topological polar surface area (TPSA) is 207 Å². The van der Waals surface area contributed by atoms with Gasteiger partial charge in [0.05, 0.1) is 19.2 Å². The molecule has 4 aromatic heterocycles. The van der Waals surface area contributed by atoms with Crippen LogP contribution in [-0.4, -0.2) is 34.9 Å². The number of carbonyl (C=O) groups excluding carboxylic acids is 4. The van der Waals surface area contributed by atoms with Crippen molar-refractivity contribution in [2.24, 2.45) is 9.98 Å². The molecule has 2 fully saturated rings. The summed E-state index contributed by atoms with van der Waals surface area (Å²) < 4.78 is 14.8. The van der Waals surface area contributed by atoms with E-state index >= 15 is 9.59 Å². The number of thiophene rings is 4. The molecule has 0 amide bonds. The average Bonchev–Trinajstić information content (AvgIpc) is 4.24. The SMILES string of the molecule is N#CC(C#N)=C1C2=CCCC=C2C(=O)/C1=N\c1cc2sc3c(c2s1)C(C(=O)OCc1ccccc1)(C(=O)OCc1ccccc1)c1c-3sc2cc(/N=C3/C(=O)C4=CCCC=C4C3=C(C#N)C#N)sc12. The Bertz CT molecular complexity index is 3520. The van der Waals surface area contributed by atoms with Crippen molar-refractivity contribution in [3.05, 3.63) is 164 Å². The largest absolute Gasteiger partial charge is 0.459 e. The van der Waals surface area contributed by atoms with Crippen LogP contribution in [0.25, 0.3) is 28.6 Å².